The van der Waals surface area contributed by atoms with Crippen LogP contribution < -0.4 is 0 Å². The summed E-state index contributed by atoms with van der Waals surface area (Å²) in [5.41, 5.74) is -1.45. The van der Waals surface area contributed by atoms with Gasteiger partial charge in [-0.2, -0.15) is 17.5 Å². The smallest absolute Gasteiger partial charge is 0.338 e. The summed E-state index contributed by atoms with van der Waals surface area (Å²) in [6.45, 7) is 0.154. The van der Waals surface area contributed by atoms with Gasteiger partial charge in [0, 0.05) is 31.4 Å². The fourth-order valence-corrected chi connectivity index (χ4v) is 6.99. The average molecular weight is 549 g/mol. The standard InChI is InChI=1S/C23H24F4N2O5S2/c1-35(31,32)18-7-8-21(24)20(14-18)22(30)28-11-9-17(10-12-28)29(16-5-6-16)36(33,34)19-4-2-3-15(13-19)23(25,26)27/h2-4,7-8,13-14,16-17H,5-6,9-12H2,1H3. The van der Waals surface area contributed by atoms with E-state index in [0.29, 0.717) is 18.9 Å². The Kier molecular flexibility index (Phi) is 6.95. The van der Waals surface area contributed by atoms with Crippen LogP contribution >= 0.6 is 0 Å². The molecule has 36 heavy (non-hydrogen) atoms. The highest BCUT2D eigenvalue weighted by atomic mass is 32.2. The van der Waals surface area contributed by atoms with Crippen LogP contribution in [0.3, 0.4) is 0 Å². The Morgan fingerprint density at radius 1 is 0.917 bits per heavy atom. The van der Waals surface area contributed by atoms with Gasteiger partial charge in [-0.05, 0) is 62.1 Å². The first-order valence-electron chi connectivity index (χ1n) is 11.2. The fourth-order valence-electron chi connectivity index (χ4n) is 4.37. The van der Waals surface area contributed by atoms with Crippen molar-refractivity contribution in [1.29, 1.82) is 0 Å². The van der Waals surface area contributed by atoms with Crippen molar-refractivity contribution in [2.45, 2.75) is 53.7 Å². The Hall–Kier alpha value is -2.51. The van der Waals surface area contributed by atoms with Crippen LogP contribution in [-0.4, -0.2) is 63.4 Å². The van der Waals surface area contributed by atoms with Crippen molar-refractivity contribution in [3.05, 3.63) is 59.4 Å². The van der Waals surface area contributed by atoms with E-state index in [4.69, 9.17) is 0 Å². The zero-order valence-corrected chi connectivity index (χ0v) is 20.8. The van der Waals surface area contributed by atoms with Crippen molar-refractivity contribution in [3.8, 4) is 0 Å². The van der Waals surface area contributed by atoms with E-state index in [1.165, 1.54) is 9.21 Å². The van der Waals surface area contributed by atoms with Gasteiger partial charge >= 0.3 is 6.18 Å². The lowest BCUT2D eigenvalue weighted by Crippen LogP contribution is -2.49. The van der Waals surface area contributed by atoms with Crippen molar-refractivity contribution in [3.63, 3.8) is 0 Å². The Bertz CT molecular complexity index is 1380. The highest BCUT2D eigenvalue weighted by molar-refractivity contribution is 7.90. The molecule has 7 nitrogen and oxygen atoms in total. The summed E-state index contributed by atoms with van der Waals surface area (Å²) >= 11 is 0. The fraction of sp³-hybridized carbons (Fsp3) is 0.435. The summed E-state index contributed by atoms with van der Waals surface area (Å²) in [6.07, 6.45) is -2.17. The van der Waals surface area contributed by atoms with Crippen LogP contribution in [0, 0.1) is 5.82 Å². The number of hydrogen-bond acceptors (Lipinski definition) is 5. The van der Waals surface area contributed by atoms with Crippen molar-refractivity contribution in [2.75, 3.05) is 19.3 Å². The van der Waals surface area contributed by atoms with Gasteiger partial charge in [0.2, 0.25) is 10.0 Å². The van der Waals surface area contributed by atoms with Gasteiger partial charge in [0.1, 0.15) is 5.82 Å². The third-order valence-corrected chi connectivity index (χ3v) is 9.46. The van der Waals surface area contributed by atoms with Gasteiger partial charge in [0.25, 0.3) is 5.91 Å². The van der Waals surface area contributed by atoms with Crippen molar-refractivity contribution < 1.29 is 39.2 Å². The molecule has 196 valence electrons. The van der Waals surface area contributed by atoms with E-state index >= 15 is 0 Å². The Morgan fingerprint density at radius 3 is 2.08 bits per heavy atom. The highest BCUT2D eigenvalue weighted by Crippen LogP contribution is 2.38. The summed E-state index contributed by atoms with van der Waals surface area (Å²) in [6, 6.07) is 5.70. The van der Waals surface area contributed by atoms with Gasteiger partial charge in [-0.1, -0.05) is 6.07 Å². The number of halogens is 4. The predicted octanol–water partition coefficient (Wildman–Crippen LogP) is 3.71. The van der Waals surface area contributed by atoms with Crippen molar-refractivity contribution in [1.82, 2.24) is 9.21 Å². The molecular weight excluding hydrogens is 524 g/mol. The summed E-state index contributed by atoms with van der Waals surface area (Å²) < 4.78 is 105. The summed E-state index contributed by atoms with van der Waals surface area (Å²) in [7, 11) is -7.90. The second-order valence-corrected chi connectivity index (χ2v) is 12.9. The molecule has 0 radical (unpaired) electrons. The number of sulfonamides is 1. The van der Waals surface area contributed by atoms with E-state index in [2.05, 4.69) is 0 Å². The van der Waals surface area contributed by atoms with Crippen molar-refractivity contribution in [2.24, 2.45) is 0 Å². The molecule has 1 amide bonds. The average Bonchev–Trinajstić information content (AvgIpc) is 3.63. The molecule has 1 aliphatic carbocycles. The van der Waals surface area contributed by atoms with Crippen molar-refractivity contribution >= 4 is 25.8 Å². The minimum atomic E-state index is -4.69. The number of sulfone groups is 1. The van der Waals surface area contributed by atoms with E-state index in [1.54, 1.807) is 0 Å². The van der Waals surface area contributed by atoms with Gasteiger partial charge in [0.15, 0.2) is 9.84 Å². The molecule has 13 heteroatoms. The quantitative estimate of drug-likeness (QED) is 0.406. The zero-order valence-electron chi connectivity index (χ0n) is 19.2. The van der Waals surface area contributed by atoms with Crippen LogP contribution in [0.1, 0.15) is 41.6 Å². The number of amides is 1. The van der Waals surface area contributed by atoms with Gasteiger partial charge in [-0.25, -0.2) is 21.2 Å². The maximum absolute atomic E-state index is 14.3. The first-order valence-corrected chi connectivity index (χ1v) is 14.5. The molecular formula is C23H24F4N2O5S2. The number of hydrogen-bond donors (Lipinski definition) is 0. The molecule has 2 aromatic rings. The number of carbonyl (C=O) groups excluding carboxylic acids is 1. The Balaban J connectivity index is 1.53. The summed E-state index contributed by atoms with van der Waals surface area (Å²) in [5.74, 6) is -1.59. The largest absolute Gasteiger partial charge is 0.416 e. The van der Waals surface area contributed by atoms with Gasteiger partial charge in [-0.15, -0.1) is 0 Å². The Morgan fingerprint density at radius 2 is 1.53 bits per heavy atom. The molecule has 2 fully saturated rings. The number of piperidine rings is 1. The molecule has 0 spiro atoms. The molecule has 0 unspecified atom stereocenters. The summed E-state index contributed by atoms with van der Waals surface area (Å²) in [4.78, 5) is 13.6. The predicted molar refractivity (Wildman–Crippen MR) is 122 cm³/mol. The van der Waals surface area contributed by atoms with Crippen LogP contribution in [0.25, 0.3) is 0 Å². The molecule has 1 heterocycles. The third kappa shape index (κ3) is 5.42. The van der Waals surface area contributed by atoms with E-state index in [0.717, 1.165) is 42.7 Å². The Labute approximate surface area is 206 Å². The van der Waals surface area contributed by atoms with E-state index in [9.17, 15) is 39.2 Å². The molecule has 0 N–H and O–H groups in total. The second kappa shape index (κ2) is 9.42. The van der Waals surface area contributed by atoms with Gasteiger partial charge < -0.3 is 4.90 Å². The first-order chi connectivity index (χ1) is 16.7. The minimum absolute atomic E-state index is 0.0768. The lowest BCUT2D eigenvalue weighted by Gasteiger charge is -2.38. The third-order valence-electron chi connectivity index (χ3n) is 6.35. The van der Waals surface area contributed by atoms with Crippen LogP contribution in [0.4, 0.5) is 17.6 Å². The molecule has 0 atom stereocenters. The number of alkyl halides is 3. The number of benzene rings is 2. The normalized spacial score (nSPS) is 18.0. The first kappa shape index (κ1) is 26.6. The lowest BCUT2D eigenvalue weighted by molar-refractivity contribution is -0.137. The van der Waals surface area contributed by atoms with E-state index < -0.39 is 59.8 Å². The van der Waals surface area contributed by atoms with E-state index in [-0.39, 0.29) is 36.9 Å². The minimum Gasteiger partial charge on any atom is -0.338 e. The maximum atomic E-state index is 14.3. The van der Waals surface area contributed by atoms with Crippen LogP contribution in [0.15, 0.2) is 52.3 Å². The molecule has 2 aromatic carbocycles. The van der Waals surface area contributed by atoms with Gasteiger partial charge in [0.05, 0.1) is 20.9 Å². The van der Waals surface area contributed by atoms with E-state index in [1.807, 2.05) is 0 Å². The topological polar surface area (TPSA) is 91.8 Å². The monoisotopic (exact) mass is 548 g/mol. The molecule has 0 aromatic heterocycles. The number of nitrogens with zero attached hydrogens (tertiary/aromatic N) is 2. The molecule has 4 rings (SSSR count). The lowest BCUT2D eigenvalue weighted by atomic mass is 10.0. The van der Waals surface area contributed by atoms with Gasteiger partial charge in [-0.3, -0.25) is 4.79 Å². The number of likely N-dealkylation sites (tertiary alicyclic amines) is 1. The number of rotatable bonds is 6. The summed E-state index contributed by atoms with van der Waals surface area (Å²) in [5, 5.41) is 0. The van der Waals surface area contributed by atoms with Crippen LogP contribution in [0.2, 0.25) is 0 Å². The second-order valence-electron chi connectivity index (χ2n) is 9.03. The maximum Gasteiger partial charge on any atom is 0.416 e. The van der Waals surface area contributed by atoms with Crippen LogP contribution in [0.5, 0.6) is 0 Å². The molecule has 1 saturated heterocycles. The molecule has 2 aliphatic rings. The number of carbonyl (C=O) groups is 1. The highest BCUT2D eigenvalue weighted by Gasteiger charge is 2.44. The SMILES string of the molecule is CS(=O)(=O)c1ccc(F)c(C(=O)N2CCC(N(C3CC3)S(=O)(=O)c3cccc(C(F)(F)F)c3)CC2)c1. The van der Waals surface area contributed by atoms with Crippen LogP contribution in [-0.2, 0) is 26.0 Å². The molecule has 0 bridgehead atoms. The zero-order chi connectivity index (χ0) is 26.5. The molecule has 1 aliphatic heterocycles. The molecule has 1 saturated carbocycles.